The summed E-state index contributed by atoms with van der Waals surface area (Å²) in [5.41, 5.74) is 1.21. The molecule has 2 aromatic rings. The number of methoxy groups -OCH3 is 1. The molecule has 1 N–H and O–H groups in total. The molecule has 1 aromatic carbocycles. The van der Waals surface area contributed by atoms with Crippen LogP contribution in [0, 0.1) is 5.92 Å². The van der Waals surface area contributed by atoms with Crippen molar-refractivity contribution in [3.8, 4) is 5.75 Å². The van der Waals surface area contributed by atoms with Crippen LogP contribution < -0.4 is 4.74 Å². The summed E-state index contributed by atoms with van der Waals surface area (Å²) in [6.07, 6.45) is 4.55. The quantitative estimate of drug-likeness (QED) is 0.261. The second kappa shape index (κ2) is 10.9. The number of benzene rings is 1. The summed E-state index contributed by atoms with van der Waals surface area (Å²) in [6, 6.07) is 9.86. The number of aromatic nitrogens is 1. The maximum absolute atomic E-state index is 13.0. The van der Waals surface area contributed by atoms with Gasteiger partial charge in [-0.15, -0.1) is 0 Å². The van der Waals surface area contributed by atoms with Crippen LogP contribution in [-0.2, 0) is 14.3 Å². The average molecular weight is 439 g/mol. The molecule has 2 heterocycles. The maximum atomic E-state index is 13.0. The van der Waals surface area contributed by atoms with E-state index in [1.807, 2.05) is 24.3 Å². The number of nitrogens with zero attached hydrogens (tertiary/aromatic N) is 2. The molecule has 7 nitrogen and oxygen atoms in total. The lowest BCUT2D eigenvalue weighted by atomic mass is 9.95. The Bertz CT molecular complexity index is 971. The van der Waals surface area contributed by atoms with Gasteiger partial charge in [0.25, 0.3) is 11.7 Å². The van der Waals surface area contributed by atoms with Crippen LogP contribution in [0.1, 0.15) is 43.9 Å². The van der Waals surface area contributed by atoms with Crippen molar-refractivity contribution in [1.82, 2.24) is 9.88 Å². The van der Waals surface area contributed by atoms with Crippen molar-refractivity contribution in [2.24, 2.45) is 5.92 Å². The Morgan fingerprint density at radius 2 is 1.91 bits per heavy atom. The standard InChI is InChI=1S/C25H30N2O5/c1-17(2)10-15-32-20-7-4-6-19(16-20)22-21(23(28)18-8-11-26-12-9-18)24(29)25(30)27(22)13-5-14-31-3/h4,6-9,11-12,16-17,22,28H,5,10,13-15H2,1-3H3/b23-21+. The largest absolute Gasteiger partial charge is 0.507 e. The van der Waals surface area contributed by atoms with Crippen LogP contribution in [0.4, 0.5) is 0 Å². The van der Waals surface area contributed by atoms with Gasteiger partial charge in [0.2, 0.25) is 0 Å². The van der Waals surface area contributed by atoms with Gasteiger partial charge in [-0.2, -0.15) is 0 Å². The van der Waals surface area contributed by atoms with Crippen molar-refractivity contribution in [1.29, 1.82) is 0 Å². The van der Waals surface area contributed by atoms with E-state index in [9.17, 15) is 14.7 Å². The van der Waals surface area contributed by atoms with Crippen LogP contribution in [0.2, 0.25) is 0 Å². The number of ether oxygens (including phenoxy) is 2. The van der Waals surface area contributed by atoms with E-state index in [-0.39, 0.29) is 11.3 Å². The third-order valence-electron chi connectivity index (χ3n) is 5.38. The number of rotatable bonds is 10. The Balaban J connectivity index is 2.02. The summed E-state index contributed by atoms with van der Waals surface area (Å²) in [5.74, 6) is -0.363. The average Bonchev–Trinajstić information content (AvgIpc) is 3.04. The van der Waals surface area contributed by atoms with Gasteiger partial charge in [0, 0.05) is 38.2 Å². The molecule has 32 heavy (non-hydrogen) atoms. The van der Waals surface area contributed by atoms with E-state index in [2.05, 4.69) is 18.8 Å². The van der Waals surface area contributed by atoms with Gasteiger partial charge in [-0.3, -0.25) is 14.6 Å². The maximum Gasteiger partial charge on any atom is 0.295 e. The molecule has 1 fully saturated rings. The molecule has 170 valence electrons. The second-order valence-corrected chi connectivity index (χ2v) is 8.18. The van der Waals surface area contributed by atoms with Gasteiger partial charge in [-0.25, -0.2) is 0 Å². The van der Waals surface area contributed by atoms with E-state index < -0.39 is 17.7 Å². The number of hydrogen-bond acceptors (Lipinski definition) is 6. The number of aliphatic hydroxyl groups excluding tert-OH is 1. The van der Waals surface area contributed by atoms with Crippen LogP contribution in [0.5, 0.6) is 5.75 Å². The molecule has 0 radical (unpaired) electrons. The minimum absolute atomic E-state index is 0.0675. The first-order valence-electron chi connectivity index (χ1n) is 10.8. The number of amides is 1. The monoisotopic (exact) mass is 438 g/mol. The number of ketones is 1. The zero-order valence-corrected chi connectivity index (χ0v) is 18.8. The van der Waals surface area contributed by atoms with Crippen LogP contribution in [0.3, 0.4) is 0 Å². The van der Waals surface area contributed by atoms with E-state index in [0.29, 0.717) is 49.0 Å². The van der Waals surface area contributed by atoms with Crippen LogP contribution in [0.15, 0.2) is 54.4 Å². The predicted octanol–water partition coefficient (Wildman–Crippen LogP) is 3.96. The molecular formula is C25H30N2O5. The van der Waals surface area contributed by atoms with Crippen molar-refractivity contribution < 1.29 is 24.2 Å². The molecule has 7 heteroatoms. The Morgan fingerprint density at radius 3 is 2.59 bits per heavy atom. The highest BCUT2D eigenvalue weighted by atomic mass is 16.5. The molecule has 1 unspecified atom stereocenters. The lowest BCUT2D eigenvalue weighted by Crippen LogP contribution is -2.31. The summed E-state index contributed by atoms with van der Waals surface area (Å²) < 4.78 is 11.0. The number of hydrogen-bond donors (Lipinski definition) is 1. The third-order valence-corrected chi connectivity index (χ3v) is 5.38. The fourth-order valence-corrected chi connectivity index (χ4v) is 3.69. The predicted molar refractivity (Wildman–Crippen MR) is 121 cm³/mol. The Morgan fingerprint density at radius 1 is 1.16 bits per heavy atom. The van der Waals surface area contributed by atoms with Gasteiger partial charge < -0.3 is 19.5 Å². The van der Waals surface area contributed by atoms with Gasteiger partial charge in [-0.05, 0) is 48.6 Å². The topological polar surface area (TPSA) is 89.0 Å². The first-order valence-corrected chi connectivity index (χ1v) is 10.8. The van der Waals surface area contributed by atoms with Crippen LogP contribution in [-0.4, -0.2) is 53.5 Å². The number of pyridine rings is 1. The molecule has 1 aromatic heterocycles. The van der Waals surface area contributed by atoms with E-state index >= 15 is 0 Å². The van der Waals surface area contributed by atoms with E-state index in [1.165, 1.54) is 17.3 Å². The van der Waals surface area contributed by atoms with E-state index in [1.54, 1.807) is 19.2 Å². The SMILES string of the molecule is COCCCN1C(=O)C(=O)/C(=C(/O)c2ccncc2)C1c1cccc(OCCC(C)C)c1. The number of Topliss-reactive ketones (excluding diaryl/α,β-unsaturated/α-hetero) is 1. The summed E-state index contributed by atoms with van der Waals surface area (Å²) in [6.45, 7) is 5.62. The van der Waals surface area contributed by atoms with Gasteiger partial charge in [-0.1, -0.05) is 26.0 Å². The van der Waals surface area contributed by atoms with Gasteiger partial charge in [0.05, 0.1) is 18.2 Å². The molecule has 0 spiro atoms. The van der Waals surface area contributed by atoms with Crippen molar-refractivity contribution in [3.05, 3.63) is 65.5 Å². The molecule has 0 bridgehead atoms. The summed E-state index contributed by atoms with van der Waals surface area (Å²) in [4.78, 5) is 31.4. The normalized spacial score (nSPS) is 17.9. The first kappa shape index (κ1) is 23.5. The minimum atomic E-state index is -0.714. The zero-order chi connectivity index (χ0) is 23.1. The molecule has 3 rings (SSSR count). The first-order chi connectivity index (χ1) is 15.4. The van der Waals surface area contributed by atoms with E-state index in [4.69, 9.17) is 9.47 Å². The fraction of sp³-hybridized carbons (Fsp3) is 0.400. The van der Waals surface area contributed by atoms with E-state index in [0.717, 1.165) is 6.42 Å². The number of likely N-dealkylation sites (tertiary alicyclic amines) is 1. The van der Waals surface area contributed by atoms with Crippen molar-refractivity contribution >= 4 is 17.4 Å². The van der Waals surface area contributed by atoms with Crippen molar-refractivity contribution in [2.75, 3.05) is 26.9 Å². The Kier molecular flexibility index (Phi) is 8.00. The summed E-state index contributed by atoms with van der Waals surface area (Å²) in [7, 11) is 1.59. The molecule has 1 amide bonds. The lowest BCUT2D eigenvalue weighted by Gasteiger charge is -2.25. The van der Waals surface area contributed by atoms with Gasteiger partial charge in [0.1, 0.15) is 11.5 Å². The number of aliphatic hydroxyl groups is 1. The number of carbonyl (C=O) groups is 2. The van der Waals surface area contributed by atoms with Gasteiger partial charge in [0.15, 0.2) is 0 Å². The smallest absolute Gasteiger partial charge is 0.295 e. The molecular weight excluding hydrogens is 408 g/mol. The lowest BCUT2D eigenvalue weighted by molar-refractivity contribution is -0.140. The summed E-state index contributed by atoms with van der Waals surface area (Å²) in [5, 5.41) is 11.0. The van der Waals surface area contributed by atoms with Crippen LogP contribution >= 0.6 is 0 Å². The molecule has 1 aliphatic heterocycles. The molecule has 1 saturated heterocycles. The Hall–Kier alpha value is -3.19. The van der Waals surface area contributed by atoms with Crippen LogP contribution in [0.25, 0.3) is 5.76 Å². The summed E-state index contributed by atoms with van der Waals surface area (Å²) >= 11 is 0. The fourth-order valence-electron chi connectivity index (χ4n) is 3.69. The molecule has 0 aliphatic carbocycles. The number of carbonyl (C=O) groups excluding carboxylic acids is 2. The van der Waals surface area contributed by atoms with Gasteiger partial charge >= 0.3 is 0 Å². The van der Waals surface area contributed by atoms with Crippen molar-refractivity contribution in [2.45, 2.75) is 32.7 Å². The zero-order valence-electron chi connectivity index (χ0n) is 18.8. The van der Waals surface area contributed by atoms with Crippen molar-refractivity contribution in [3.63, 3.8) is 0 Å². The highest BCUT2D eigenvalue weighted by Crippen LogP contribution is 2.40. The minimum Gasteiger partial charge on any atom is -0.507 e. The molecule has 1 atom stereocenters. The molecule has 1 aliphatic rings. The second-order valence-electron chi connectivity index (χ2n) is 8.18. The highest BCUT2D eigenvalue weighted by Gasteiger charge is 2.45. The molecule has 0 saturated carbocycles. The Labute approximate surface area is 188 Å². The third kappa shape index (κ3) is 5.34. The highest BCUT2D eigenvalue weighted by molar-refractivity contribution is 6.46.